The van der Waals surface area contributed by atoms with Crippen molar-refractivity contribution in [3.05, 3.63) is 47.3 Å². The molecule has 0 N–H and O–H groups in total. The molecule has 0 spiro atoms. The second-order valence-electron chi connectivity index (χ2n) is 5.87. The van der Waals surface area contributed by atoms with Crippen molar-refractivity contribution < 1.29 is 4.74 Å². The van der Waals surface area contributed by atoms with Gasteiger partial charge in [-0.3, -0.25) is 0 Å². The van der Waals surface area contributed by atoms with Crippen LogP contribution in [-0.4, -0.2) is 9.97 Å². The van der Waals surface area contributed by atoms with Crippen molar-refractivity contribution in [2.45, 2.75) is 39.5 Å². The maximum absolute atomic E-state index is 8.88. The van der Waals surface area contributed by atoms with Gasteiger partial charge in [-0.15, -0.1) is 0 Å². The molecule has 0 aliphatic rings. The summed E-state index contributed by atoms with van der Waals surface area (Å²) in [5.74, 6) is 0.731. The maximum Gasteiger partial charge on any atom is 0.323 e. The summed E-state index contributed by atoms with van der Waals surface area (Å²) in [6.07, 6.45) is 2.50. The molecule has 0 amide bonds. The Morgan fingerprint density at radius 3 is 2.62 bits per heavy atom. The van der Waals surface area contributed by atoms with Crippen molar-refractivity contribution in [1.29, 1.82) is 5.26 Å². The van der Waals surface area contributed by atoms with Crippen LogP contribution in [0.2, 0.25) is 0 Å². The highest BCUT2D eigenvalue weighted by molar-refractivity contribution is 5.43. The van der Waals surface area contributed by atoms with Crippen molar-refractivity contribution in [3.63, 3.8) is 0 Å². The molecule has 0 fully saturated rings. The molecule has 1 aromatic carbocycles. The summed E-state index contributed by atoms with van der Waals surface area (Å²) in [7, 11) is 0. The normalized spacial score (nSPS) is 11.0. The molecule has 0 aliphatic heterocycles. The number of nitrogens with zero attached hydrogens (tertiary/aromatic N) is 3. The molecule has 1 aromatic heterocycles. The van der Waals surface area contributed by atoms with Crippen LogP contribution in [0.1, 0.15) is 44.5 Å². The Morgan fingerprint density at radius 1 is 1.24 bits per heavy atom. The molecule has 0 aliphatic carbocycles. The molecule has 108 valence electrons. The number of aromatic nitrogens is 2. The van der Waals surface area contributed by atoms with Gasteiger partial charge in [0.1, 0.15) is 17.5 Å². The van der Waals surface area contributed by atoms with Crippen molar-refractivity contribution in [3.8, 4) is 17.8 Å². The van der Waals surface area contributed by atoms with E-state index in [9.17, 15) is 0 Å². The Morgan fingerprint density at radius 2 is 2.00 bits per heavy atom. The van der Waals surface area contributed by atoms with E-state index in [2.05, 4.69) is 43.7 Å². The number of hydrogen-bond donors (Lipinski definition) is 0. The largest absolute Gasteiger partial charge is 0.424 e. The molecule has 2 rings (SSSR count). The Hall–Kier alpha value is -2.41. The van der Waals surface area contributed by atoms with E-state index in [-0.39, 0.29) is 11.4 Å². The molecule has 21 heavy (non-hydrogen) atoms. The van der Waals surface area contributed by atoms with E-state index in [4.69, 9.17) is 10.00 Å². The second kappa shape index (κ2) is 5.92. The summed E-state index contributed by atoms with van der Waals surface area (Å²) >= 11 is 0. The van der Waals surface area contributed by atoms with Gasteiger partial charge in [-0.25, -0.2) is 4.98 Å². The fraction of sp³-hybridized carbons (Fsp3) is 0.353. The SMILES string of the molecule is CCc1ccc(Oc2nccc(C#N)n2)c(C(C)(C)C)c1. The van der Waals surface area contributed by atoms with Crippen LogP contribution < -0.4 is 4.74 Å². The Bertz CT molecular complexity index is 681. The third kappa shape index (κ3) is 3.57. The molecule has 0 bridgehead atoms. The van der Waals surface area contributed by atoms with Gasteiger partial charge in [0.15, 0.2) is 0 Å². The molecule has 0 atom stereocenters. The van der Waals surface area contributed by atoms with Gasteiger partial charge in [0.05, 0.1) is 0 Å². The lowest BCUT2D eigenvalue weighted by Crippen LogP contribution is -2.13. The number of hydrogen-bond acceptors (Lipinski definition) is 4. The fourth-order valence-electron chi connectivity index (χ4n) is 2.02. The zero-order chi connectivity index (χ0) is 15.5. The monoisotopic (exact) mass is 281 g/mol. The van der Waals surface area contributed by atoms with Crippen molar-refractivity contribution in [2.24, 2.45) is 0 Å². The second-order valence-corrected chi connectivity index (χ2v) is 5.87. The minimum Gasteiger partial charge on any atom is -0.424 e. The van der Waals surface area contributed by atoms with Crippen LogP contribution in [0.5, 0.6) is 11.8 Å². The molecule has 0 unspecified atom stereocenters. The molecule has 0 saturated carbocycles. The first-order valence-electron chi connectivity index (χ1n) is 6.98. The van der Waals surface area contributed by atoms with Crippen LogP contribution in [0.15, 0.2) is 30.5 Å². The van der Waals surface area contributed by atoms with E-state index in [0.29, 0.717) is 5.69 Å². The van der Waals surface area contributed by atoms with E-state index in [0.717, 1.165) is 17.7 Å². The molecule has 1 heterocycles. The number of nitriles is 1. The van der Waals surface area contributed by atoms with Gasteiger partial charge in [0.25, 0.3) is 0 Å². The minimum absolute atomic E-state index is 0.0483. The summed E-state index contributed by atoms with van der Waals surface area (Å²) in [4.78, 5) is 8.12. The molecule has 4 heteroatoms. The van der Waals surface area contributed by atoms with E-state index < -0.39 is 0 Å². The van der Waals surface area contributed by atoms with Crippen LogP contribution in [0.3, 0.4) is 0 Å². The molecule has 2 aromatic rings. The maximum atomic E-state index is 8.88. The van der Waals surface area contributed by atoms with Crippen LogP contribution >= 0.6 is 0 Å². The highest BCUT2D eigenvalue weighted by atomic mass is 16.5. The quantitative estimate of drug-likeness (QED) is 0.853. The first-order chi connectivity index (χ1) is 9.94. The molecule has 0 radical (unpaired) electrons. The molecule has 0 saturated heterocycles. The lowest BCUT2D eigenvalue weighted by atomic mass is 9.85. The Balaban J connectivity index is 2.41. The van der Waals surface area contributed by atoms with Crippen LogP contribution in [0.25, 0.3) is 0 Å². The molecule has 4 nitrogen and oxygen atoms in total. The standard InChI is InChI=1S/C17H19N3O/c1-5-12-6-7-15(14(10-12)17(2,3)4)21-16-19-9-8-13(11-18)20-16/h6-10H,5H2,1-4H3. The number of ether oxygens (including phenoxy) is 1. The van der Waals surface area contributed by atoms with Crippen molar-refractivity contribution in [2.75, 3.05) is 0 Å². The van der Waals surface area contributed by atoms with Gasteiger partial charge in [0, 0.05) is 11.8 Å². The van der Waals surface area contributed by atoms with Gasteiger partial charge >= 0.3 is 6.01 Å². The minimum atomic E-state index is -0.0483. The first kappa shape index (κ1) is 15.0. The highest BCUT2D eigenvalue weighted by Crippen LogP contribution is 2.34. The van der Waals surface area contributed by atoms with Gasteiger partial charge < -0.3 is 4.74 Å². The topological polar surface area (TPSA) is 58.8 Å². The van der Waals surface area contributed by atoms with E-state index in [1.54, 1.807) is 6.07 Å². The number of aryl methyl sites for hydroxylation is 1. The third-order valence-corrected chi connectivity index (χ3v) is 3.21. The van der Waals surface area contributed by atoms with Crippen molar-refractivity contribution >= 4 is 0 Å². The van der Waals surface area contributed by atoms with Crippen molar-refractivity contribution in [1.82, 2.24) is 9.97 Å². The zero-order valence-electron chi connectivity index (χ0n) is 12.8. The van der Waals surface area contributed by atoms with Gasteiger partial charge in [-0.2, -0.15) is 10.2 Å². The van der Waals surface area contributed by atoms with Crippen LogP contribution in [0, 0.1) is 11.3 Å². The van der Waals surface area contributed by atoms with E-state index in [1.165, 1.54) is 11.8 Å². The molecular weight excluding hydrogens is 262 g/mol. The van der Waals surface area contributed by atoms with Gasteiger partial charge in [-0.05, 0) is 29.5 Å². The molecular formula is C17H19N3O. The van der Waals surface area contributed by atoms with Gasteiger partial charge in [-0.1, -0.05) is 39.8 Å². The summed E-state index contributed by atoms with van der Waals surface area (Å²) in [5, 5.41) is 8.88. The van der Waals surface area contributed by atoms with Crippen LogP contribution in [0.4, 0.5) is 0 Å². The lowest BCUT2D eigenvalue weighted by molar-refractivity contribution is 0.421. The smallest absolute Gasteiger partial charge is 0.323 e. The fourth-order valence-corrected chi connectivity index (χ4v) is 2.02. The average molecular weight is 281 g/mol. The average Bonchev–Trinajstić information content (AvgIpc) is 2.46. The Labute approximate surface area is 125 Å². The lowest BCUT2D eigenvalue weighted by Gasteiger charge is -2.23. The number of rotatable bonds is 3. The predicted octanol–water partition coefficient (Wildman–Crippen LogP) is 4.00. The predicted molar refractivity (Wildman–Crippen MR) is 81.3 cm³/mol. The summed E-state index contributed by atoms with van der Waals surface area (Å²) in [5.41, 5.74) is 2.61. The summed E-state index contributed by atoms with van der Waals surface area (Å²) in [6, 6.07) is 9.88. The Kier molecular flexibility index (Phi) is 4.23. The third-order valence-electron chi connectivity index (χ3n) is 3.21. The highest BCUT2D eigenvalue weighted by Gasteiger charge is 2.20. The van der Waals surface area contributed by atoms with E-state index in [1.807, 2.05) is 18.2 Å². The first-order valence-corrected chi connectivity index (χ1v) is 6.98. The summed E-state index contributed by atoms with van der Waals surface area (Å²) < 4.78 is 5.80. The van der Waals surface area contributed by atoms with Gasteiger partial charge in [0.2, 0.25) is 0 Å². The zero-order valence-corrected chi connectivity index (χ0v) is 12.8. The van der Waals surface area contributed by atoms with Crippen LogP contribution in [-0.2, 0) is 11.8 Å². The number of benzene rings is 1. The summed E-state index contributed by atoms with van der Waals surface area (Å²) in [6.45, 7) is 8.55. The van der Waals surface area contributed by atoms with E-state index >= 15 is 0 Å².